The van der Waals surface area contributed by atoms with Crippen LogP contribution in [0.4, 0.5) is 8.78 Å². The van der Waals surface area contributed by atoms with Crippen molar-refractivity contribution >= 4 is 11.9 Å². The Morgan fingerprint density at radius 3 is 2.49 bits per heavy atom. The van der Waals surface area contributed by atoms with Crippen LogP contribution in [0.15, 0.2) is 24.3 Å². The summed E-state index contributed by atoms with van der Waals surface area (Å²) in [7, 11) is 4.14. The average Bonchev–Trinajstić information content (AvgIpc) is 2.89. The maximum atomic E-state index is 12.8. The molecule has 3 rings (SSSR count). The summed E-state index contributed by atoms with van der Waals surface area (Å²) in [5.74, 6) is -0.988. The normalized spacial score (nSPS) is 19.2. The highest BCUT2D eigenvalue weighted by atomic mass is 19.3. The van der Waals surface area contributed by atoms with E-state index in [4.69, 9.17) is 28.5 Å². The van der Waals surface area contributed by atoms with Gasteiger partial charge in [0.2, 0.25) is 5.88 Å². The average molecular weight is 526 g/mol. The zero-order chi connectivity index (χ0) is 26.9. The van der Waals surface area contributed by atoms with Gasteiger partial charge in [-0.2, -0.15) is 9.97 Å². The first-order valence-corrected chi connectivity index (χ1v) is 11.4. The highest BCUT2D eigenvalue weighted by Gasteiger charge is 2.35. The molecule has 0 bridgehead atoms. The van der Waals surface area contributed by atoms with Crippen molar-refractivity contribution in [3.8, 4) is 23.4 Å². The summed E-state index contributed by atoms with van der Waals surface area (Å²) in [6, 6.07) is 5.79. The predicted octanol–water partition coefficient (Wildman–Crippen LogP) is 3.08. The molecule has 1 N–H and O–H groups in total. The number of carbonyl (C=O) groups is 2. The molecular formula is C24H29F2N3O8. The summed E-state index contributed by atoms with van der Waals surface area (Å²) in [6.07, 6.45) is -1.65. The molecule has 2 aromatic rings. The van der Waals surface area contributed by atoms with E-state index in [1.54, 1.807) is 18.2 Å². The number of hydrogen-bond acceptors (Lipinski definition) is 11. The lowest BCUT2D eigenvalue weighted by Crippen LogP contribution is -2.42. The van der Waals surface area contributed by atoms with Gasteiger partial charge in [0.25, 0.3) is 6.43 Å². The first-order chi connectivity index (χ1) is 17.7. The van der Waals surface area contributed by atoms with Gasteiger partial charge in [-0.3, -0.25) is 4.79 Å². The molecule has 202 valence electrons. The number of rotatable bonds is 11. The fourth-order valence-corrected chi connectivity index (χ4v) is 4.06. The fraction of sp³-hybridized carbons (Fsp3) is 0.500. The monoisotopic (exact) mass is 525 g/mol. The third kappa shape index (κ3) is 7.62. The molecule has 1 aliphatic rings. The van der Waals surface area contributed by atoms with Crippen LogP contribution in [-0.4, -0.2) is 68.4 Å². The van der Waals surface area contributed by atoms with Gasteiger partial charge in [0.05, 0.1) is 27.4 Å². The zero-order valence-corrected chi connectivity index (χ0v) is 20.9. The Bertz CT molecular complexity index is 1070. The molecule has 37 heavy (non-hydrogen) atoms. The summed E-state index contributed by atoms with van der Waals surface area (Å²) < 4.78 is 51.4. The van der Waals surface area contributed by atoms with Crippen LogP contribution < -0.4 is 24.4 Å². The van der Waals surface area contributed by atoms with Crippen LogP contribution in [0.25, 0.3) is 0 Å². The minimum atomic E-state index is -2.66. The maximum Gasteiger partial charge on any atom is 0.376 e. The molecule has 11 nitrogen and oxygen atoms in total. The lowest BCUT2D eigenvalue weighted by molar-refractivity contribution is -0.148. The van der Waals surface area contributed by atoms with E-state index in [0.717, 1.165) is 0 Å². The van der Waals surface area contributed by atoms with Crippen molar-refractivity contribution in [3.63, 3.8) is 0 Å². The first kappa shape index (κ1) is 27.8. The van der Waals surface area contributed by atoms with Gasteiger partial charge in [0, 0.05) is 18.9 Å². The summed E-state index contributed by atoms with van der Waals surface area (Å²) in [5, 5.41) is 0. The molecule has 0 radical (unpaired) electrons. The van der Waals surface area contributed by atoms with Gasteiger partial charge in [-0.05, 0) is 37.0 Å². The lowest BCUT2D eigenvalue weighted by atomic mass is 9.79. The van der Waals surface area contributed by atoms with Crippen LogP contribution in [0.2, 0.25) is 0 Å². The van der Waals surface area contributed by atoms with Crippen molar-refractivity contribution in [2.45, 2.75) is 50.7 Å². The second-order valence-corrected chi connectivity index (χ2v) is 8.16. The minimum Gasteiger partial charge on any atom is -0.493 e. The number of carbonyl (C=O) groups excluding carboxylic acids is 2. The highest BCUT2D eigenvalue weighted by Crippen LogP contribution is 2.39. The number of nitrogens with zero attached hydrogens (tertiary/aromatic N) is 2. The van der Waals surface area contributed by atoms with Crippen molar-refractivity contribution < 1.29 is 46.9 Å². The summed E-state index contributed by atoms with van der Waals surface area (Å²) in [5.41, 5.74) is 3.40. The molecule has 3 unspecified atom stereocenters. The van der Waals surface area contributed by atoms with Gasteiger partial charge in [-0.15, -0.1) is 5.48 Å². The number of benzene rings is 1. The highest BCUT2D eigenvalue weighted by molar-refractivity contribution is 5.87. The van der Waals surface area contributed by atoms with Gasteiger partial charge >= 0.3 is 17.9 Å². The van der Waals surface area contributed by atoms with Crippen molar-refractivity contribution in [1.29, 1.82) is 0 Å². The Labute approximate surface area is 212 Å². The van der Waals surface area contributed by atoms with E-state index in [-0.39, 0.29) is 35.4 Å². The fourth-order valence-electron chi connectivity index (χ4n) is 4.06. The number of hydrogen-bond donors (Lipinski definition) is 1. The van der Waals surface area contributed by atoms with E-state index < -0.39 is 31.0 Å². The molecule has 1 fully saturated rings. The molecule has 1 heterocycles. The number of nitrogens with one attached hydrogen (secondary N) is 1. The zero-order valence-electron chi connectivity index (χ0n) is 20.9. The van der Waals surface area contributed by atoms with Crippen molar-refractivity contribution in [2.75, 3.05) is 27.9 Å². The Hall–Kier alpha value is -3.74. The third-order valence-corrected chi connectivity index (χ3v) is 5.70. The molecule has 0 saturated heterocycles. The Morgan fingerprint density at radius 2 is 1.84 bits per heavy atom. The number of ether oxygens (including phenoxy) is 5. The molecule has 0 aliphatic heterocycles. The largest absolute Gasteiger partial charge is 0.493 e. The lowest BCUT2D eigenvalue weighted by Gasteiger charge is -2.36. The van der Waals surface area contributed by atoms with E-state index in [1.807, 2.05) is 0 Å². The van der Waals surface area contributed by atoms with Crippen LogP contribution in [0.3, 0.4) is 0 Å². The third-order valence-electron chi connectivity index (χ3n) is 5.70. The smallest absolute Gasteiger partial charge is 0.376 e. The minimum absolute atomic E-state index is 0.0689. The number of hydroxylamine groups is 1. The van der Waals surface area contributed by atoms with Crippen LogP contribution in [0.5, 0.6) is 23.4 Å². The molecular weight excluding hydrogens is 496 g/mol. The molecule has 1 aliphatic carbocycles. The second kappa shape index (κ2) is 13.0. The molecule has 1 saturated carbocycles. The number of aromatic nitrogens is 2. The quantitative estimate of drug-likeness (QED) is 0.343. The van der Waals surface area contributed by atoms with Gasteiger partial charge < -0.3 is 28.5 Å². The molecule has 0 spiro atoms. The van der Waals surface area contributed by atoms with Crippen molar-refractivity contribution in [3.05, 3.63) is 35.5 Å². The van der Waals surface area contributed by atoms with E-state index in [0.29, 0.717) is 30.6 Å². The number of esters is 1. The van der Waals surface area contributed by atoms with Crippen LogP contribution >= 0.6 is 0 Å². The maximum absolute atomic E-state index is 12.8. The van der Waals surface area contributed by atoms with Crippen LogP contribution in [-0.2, 0) is 14.4 Å². The SMILES string of the molecule is COc1cc(C(=O)ONC2CCC(OC(C)=O)CC2c2ccc(OC)c(OCC(F)F)c2)nc(OC)n1. The van der Waals surface area contributed by atoms with E-state index in [2.05, 4.69) is 15.4 Å². The topological polar surface area (TPSA) is 127 Å². The number of alkyl halides is 2. The predicted molar refractivity (Wildman–Crippen MR) is 124 cm³/mol. The Morgan fingerprint density at radius 1 is 1.05 bits per heavy atom. The van der Waals surface area contributed by atoms with Crippen molar-refractivity contribution in [1.82, 2.24) is 15.4 Å². The standard InChI is InChI=1S/C24H29F2N3O8/c1-13(30)36-15-6-7-17(29-37-23(31)18-11-22(33-3)28-24(27-18)34-4)16(10-15)14-5-8-19(32-2)20(9-14)35-12-21(25)26/h5,8-9,11,15-17,21,29H,6-7,10,12H2,1-4H3. The Kier molecular flexibility index (Phi) is 9.78. The summed E-state index contributed by atoms with van der Waals surface area (Å²) in [6.45, 7) is 0.529. The van der Waals surface area contributed by atoms with Gasteiger partial charge in [-0.25, -0.2) is 13.6 Å². The van der Waals surface area contributed by atoms with Gasteiger partial charge in [0.1, 0.15) is 12.7 Å². The van der Waals surface area contributed by atoms with E-state index in [9.17, 15) is 18.4 Å². The Balaban J connectivity index is 1.82. The molecule has 3 atom stereocenters. The van der Waals surface area contributed by atoms with Gasteiger partial charge in [-0.1, -0.05) is 6.07 Å². The first-order valence-electron chi connectivity index (χ1n) is 11.4. The molecule has 13 heteroatoms. The molecule has 1 aromatic carbocycles. The van der Waals surface area contributed by atoms with E-state index >= 15 is 0 Å². The van der Waals surface area contributed by atoms with Gasteiger partial charge in [0.15, 0.2) is 17.2 Å². The van der Waals surface area contributed by atoms with Crippen LogP contribution in [0.1, 0.15) is 48.2 Å². The number of methoxy groups -OCH3 is 3. The second-order valence-electron chi connectivity index (χ2n) is 8.16. The summed E-state index contributed by atoms with van der Waals surface area (Å²) in [4.78, 5) is 37.5. The number of halogens is 2. The van der Waals surface area contributed by atoms with E-state index in [1.165, 1.54) is 34.3 Å². The van der Waals surface area contributed by atoms with Crippen molar-refractivity contribution in [2.24, 2.45) is 0 Å². The molecule has 1 aromatic heterocycles. The van der Waals surface area contributed by atoms with Crippen LogP contribution in [0, 0.1) is 0 Å². The summed E-state index contributed by atoms with van der Waals surface area (Å²) >= 11 is 0. The molecule has 0 amide bonds.